The number of anilines is 1. The van der Waals surface area contributed by atoms with E-state index in [2.05, 4.69) is 34.6 Å². The Kier molecular flexibility index (Phi) is 5.95. The van der Waals surface area contributed by atoms with Crippen molar-refractivity contribution in [3.05, 3.63) is 77.2 Å². The number of hydrogen-bond acceptors (Lipinski definition) is 4. The maximum Gasteiger partial charge on any atom is 0.248 e. The van der Waals surface area contributed by atoms with E-state index in [9.17, 15) is 4.79 Å². The molecule has 1 amide bonds. The number of aryl methyl sites for hydroxylation is 1. The summed E-state index contributed by atoms with van der Waals surface area (Å²) < 4.78 is 5.17. The maximum atomic E-state index is 12.2. The minimum absolute atomic E-state index is 0.317. The van der Waals surface area contributed by atoms with Crippen molar-refractivity contribution < 1.29 is 9.21 Å². The van der Waals surface area contributed by atoms with Crippen LogP contribution in [0.4, 0.5) is 5.69 Å². The van der Waals surface area contributed by atoms with Crippen molar-refractivity contribution in [2.75, 3.05) is 5.32 Å². The zero-order valence-electron chi connectivity index (χ0n) is 16.5. The number of hydrogen-bond donors (Lipinski definition) is 1. The van der Waals surface area contributed by atoms with Gasteiger partial charge in [0.05, 0.1) is 22.7 Å². The lowest BCUT2D eigenvalue weighted by molar-refractivity contribution is -0.111. The Labute approximate surface area is 179 Å². The molecule has 2 aromatic heterocycles. The highest BCUT2D eigenvalue weighted by molar-refractivity contribution is 6.34. The Bertz CT molecular complexity index is 1180. The first-order valence-corrected chi connectivity index (χ1v) is 10.2. The number of fused-ring (bicyclic) bond motifs is 1. The number of furan rings is 1. The fourth-order valence-electron chi connectivity index (χ4n) is 3.04. The molecule has 1 N–H and O–H groups in total. The quantitative estimate of drug-likeness (QED) is 0.391. The number of benzene rings is 2. The van der Waals surface area contributed by atoms with Crippen molar-refractivity contribution in [1.82, 2.24) is 15.0 Å². The topological polar surface area (TPSA) is 73.0 Å². The second-order valence-electron chi connectivity index (χ2n) is 6.92. The van der Waals surface area contributed by atoms with Gasteiger partial charge in [0.15, 0.2) is 0 Å². The van der Waals surface area contributed by atoms with E-state index < -0.39 is 0 Å². The molecule has 0 fully saturated rings. The number of amides is 1. The summed E-state index contributed by atoms with van der Waals surface area (Å²) in [6.07, 6.45) is 7.93. The Morgan fingerprint density at radius 3 is 2.63 bits per heavy atom. The zero-order valence-corrected chi connectivity index (χ0v) is 17.3. The fourth-order valence-corrected chi connectivity index (χ4v) is 3.25. The predicted octanol–water partition coefficient (Wildman–Crippen LogP) is 5.66. The number of unbranched alkanes of at least 4 members (excludes halogenated alkanes) is 1. The van der Waals surface area contributed by atoms with E-state index in [1.54, 1.807) is 41.4 Å². The molecule has 2 heterocycles. The number of nitrogens with one attached hydrogen (secondary N) is 1. The monoisotopic (exact) mass is 420 g/mol. The van der Waals surface area contributed by atoms with Gasteiger partial charge in [-0.1, -0.05) is 37.1 Å². The molecule has 4 rings (SSSR count). The number of carbonyl (C=O) groups excluding carboxylic acids is 1. The summed E-state index contributed by atoms with van der Waals surface area (Å²) in [5.41, 5.74) is 3.93. The van der Waals surface area contributed by atoms with Crippen LogP contribution in [0.2, 0.25) is 5.02 Å². The van der Waals surface area contributed by atoms with Crippen molar-refractivity contribution in [3.8, 4) is 5.69 Å². The van der Waals surface area contributed by atoms with Crippen LogP contribution < -0.4 is 5.32 Å². The molecule has 0 aliphatic rings. The van der Waals surface area contributed by atoms with Crippen LogP contribution in [0.1, 0.15) is 31.1 Å². The van der Waals surface area contributed by atoms with Crippen LogP contribution >= 0.6 is 11.6 Å². The molecule has 6 nitrogen and oxygen atoms in total. The lowest BCUT2D eigenvalue weighted by Gasteiger charge is -2.04. The molecular weight excluding hydrogens is 400 g/mol. The van der Waals surface area contributed by atoms with Crippen LogP contribution in [0.25, 0.3) is 22.8 Å². The van der Waals surface area contributed by atoms with Gasteiger partial charge < -0.3 is 9.73 Å². The van der Waals surface area contributed by atoms with E-state index in [-0.39, 0.29) is 5.91 Å². The van der Waals surface area contributed by atoms with Gasteiger partial charge in [0.2, 0.25) is 5.91 Å². The second kappa shape index (κ2) is 8.97. The SMILES string of the molecule is CCCCc1ccc(-n2nc3cc(Cl)c(NC(=O)C=Cc4ccco4)cc3n2)cc1. The molecule has 0 bridgehead atoms. The molecule has 4 aromatic rings. The van der Waals surface area contributed by atoms with E-state index in [0.717, 1.165) is 12.1 Å². The molecule has 0 spiro atoms. The zero-order chi connectivity index (χ0) is 20.9. The van der Waals surface area contributed by atoms with E-state index in [1.165, 1.54) is 24.5 Å². The largest absolute Gasteiger partial charge is 0.465 e. The van der Waals surface area contributed by atoms with E-state index in [4.69, 9.17) is 16.0 Å². The summed E-state index contributed by atoms with van der Waals surface area (Å²) in [5, 5.41) is 12.2. The van der Waals surface area contributed by atoms with Gasteiger partial charge in [0.1, 0.15) is 16.8 Å². The average Bonchev–Trinajstić information content (AvgIpc) is 3.41. The van der Waals surface area contributed by atoms with Gasteiger partial charge in [0.25, 0.3) is 0 Å². The molecule has 2 aromatic carbocycles. The summed E-state index contributed by atoms with van der Waals surface area (Å²) in [6, 6.07) is 15.1. The van der Waals surface area contributed by atoms with E-state index >= 15 is 0 Å². The third-order valence-corrected chi connectivity index (χ3v) is 4.97. The van der Waals surface area contributed by atoms with Crippen LogP contribution in [0.5, 0.6) is 0 Å². The number of rotatable bonds is 7. The molecule has 0 radical (unpaired) electrons. The van der Waals surface area contributed by atoms with Gasteiger partial charge in [0, 0.05) is 6.08 Å². The second-order valence-corrected chi connectivity index (χ2v) is 7.33. The molecule has 0 aliphatic heterocycles. The molecule has 0 saturated heterocycles. The maximum absolute atomic E-state index is 12.2. The third-order valence-electron chi connectivity index (χ3n) is 4.66. The summed E-state index contributed by atoms with van der Waals surface area (Å²) in [4.78, 5) is 13.8. The van der Waals surface area contributed by atoms with Gasteiger partial charge in [-0.05, 0) is 60.9 Å². The normalized spacial score (nSPS) is 11.4. The first kappa shape index (κ1) is 19.9. The Hall–Kier alpha value is -3.38. The molecule has 0 saturated carbocycles. The summed E-state index contributed by atoms with van der Waals surface area (Å²) >= 11 is 6.34. The summed E-state index contributed by atoms with van der Waals surface area (Å²) in [5.74, 6) is 0.276. The number of carbonyl (C=O) groups is 1. The lowest BCUT2D eigenvalue weighted by atomic mass is 10.1. The Morgan fingerprint density at radius 1 is 1.17 bits per heavy atom. The molecular formula is C23H21ClN4O2. The fraction of sp³-hybridized carbons (Fsp3) is 0.174. The summed E-state index contributed by atoms with van der Waals surface area (Å²) in [6.45, 7) is 2.19. The van der Waals surface area contributed by atoms with E-state index in [1.807, 2.05) is 12.1 Å². The highest BCUT2D eigenvalue weighted by Gasteiger charge is 2.11. The van der Waals surface area contributed by atoms with Crippen LogP contribution in [0, 0.1) is 0 Å². The number of nitrogens with zero attached hydrogens (tertiary/aromatic N) is 3. The van der Waals surface area contributed by atoms with Gasteiger partial charge in [-0.25, -0.2) is 0 Å². The van der Waals surface area contributed by atoms with E-state index in [0.29, 0.717) is 27.5 Å². The molecule has 0 aliphatic carbocycles. The minimum atomic E-state index is -0.317. The molecule has 0 atom stereocenters. The molecule has 30 heavy (non-hydrogen) atoms. The molecule has 0 unspecified atom stereocenters. The number of halogens is 1. The smallest absolute Gasteiger partial charge is 0.248 e. The highest BCUT2D eigenvalue weighted by Crippen LogP contribution is 2.27. The van der Waals surface area contributed by atoms with Gasteiger partial charge in [-0.3, -0.25) is 4.79 Å². The average molecular weight is 421 g/mol. The number of aromatic nitrogens is 3. The molecule has 7 heteroatoms. The standard InChI is InChI=1S/C23H21ClN4O2/c1-2-3-5-16-7-9-17(10-8-16)28-26-21-14-19(24)20(15-22(21)27-28)25-23(29)12-11-18-6-4-13-30-18/h4,6-15H,2-3,5H2,1H3,(H,25,29). The highest BCUT2D eigenvalue weighted by atomic mass is 35.5. The summed E-state index contributed by atoms with van der Waals surface area (Å²) in [7, 11) is 0. The van der Waals surface area contributed by atoms with Crippen LogP contribution in [0.15, 0.2) is 65.3 Å². The Morgan fingerprint density at radius 2 is 1.93 bits per heavy atom. The lowest BCUT2D eigenvalue weighted by Crippen LogP contribution is -2.08. The van der Waals surface area contributed by atoms with Crippen molar-refractivity contribution in [3.63, 3.8) is 0 Å². The first-order valence-electron chi connectivity index (χ1n) is 9.81. The van der Waals surface area contributed by atoms with Gasteiger partial charge >= 0.3 is 0 Å². The third kappa shape index (κ3) is 4.60. The van der Waals surface area contributed by atoms with Crippen molar-refractivity contribution in [1.29, 1.82) is 0 Å². The first-order chi connectivity index (χ1) is 14.6. The Balaban J connectivity index is 1.53. The van der Waals surface area contributed by atoms with Crippen molar-refractivity contribution in [2.24, 2.45) is 0 Å². The van der Waals surface area contributed by atoms with Crippen LogP contribution in [-0.2, 0) is 11.2 Å². The van der Waals surface area contributed by atoms with Crippen LogP contribution in [0.3, 0.4) is 0 Å². The minimum Gasteiger partial charge on any atom is -0.465 e. The van der Waals surface area contributed by atoms with Crippen molar-refractivity contribution >= 4 is 40.3 Å². The van der Waals surface area contributed by atoms with Gasteiger partial charge in [-0.2, -0.15) is 4.80 Å². The van der Waals surface area contributed by atoms with Crippen molar-refractivity contribution in [2.45, 2.75) is 26.2 Å². The molecule has 152 valence electrons. The van der Waals surface area contributed by atoms with Gasteiger partial charge in [-0.15, -0.1) is 10.2 Å². The van der Waals surface area contributed by atoms with Crippen LogP contribution in [-0.4, -0.2) is 20.9 Å². The predicted molar refractivity (Wildman–Crippen MR) is 119 cm³/mol.